The highest BCUT2D eigenvalue weighted by Crippen LogP contribution is 2.19. The third-order valence-electron chi connectivity index (χ3n) is 1.94. The van der Waals surface area contributed by atoms with Crippen molar-refractivity contribution in [2.75, 3.05) is 0 Å². The predicted octanol–water partition coefficient (Wildman–Crippen LogP) is 1.01. The Bertz CT molecular complexity index is 556. The fourth-order valence-electron chi connectivity index (χ4n) is 1.27. The first-order valence-electron chi connectivity index (χ1n) is 4.01. The molecule has 3 rings (SSSR count). The largest absolute Gasteiger partial charge is 0.337 e. The van der Waals surface area contributed by atoms with Crippen LogP contribution in [0.15, 0.2) is 29.0 Å². The zero-order valence-electron chi connectivity index (χ0n) is 7.01. The van der Waals surface area contributed by atoms with E-state index in [1.165, 1.54) is 6.33 Å². The summed E-state index contributed by atoms with van der Waals surface area (Å²) in [6.07, 6.45) is 1.46. The van der Waals surface area contributed by atoms with Gasteiger partial charge in [0.2, 0.25) is 0 Å². The van der Waals surface area contributed by atoms with Crippen LogP contribution in [-0.4, -0.2) is 25.6 Å². The molecule has 2 heterocycles. The van der Waals surface area contributed by atoms with Crippen LogP contribution in [0.2, 0.25) is 0 Å². The maximum atomic E-state index is 4.93. The highest BCUT2D eigenvalue weighted by molar-refractivity contribution is 5.77. The van der Waals surface area contributed by atoms with Crippen LogP contribution >= 0.6 is 0 Å². The van der Waals surface area contributed by atoms with E-state index in [1.807, 2.05) is 18.2 Å². The molecular weight excluding hydrogens is 182 g/mol. The van der Waals surface area contributed by atoms with Gasteiger partial charge in [0.05, 0.1) is 0 Å². The average molecular weight is 187 g/mol. The van der Waals surface area contributed by atoms with Gasteiger partial charge >= 0.3 is 0 Å². The van der Waals surface area contributed by atoms with Crippen LogP contribution in [0.5, 0.6) is 0 Å². The SMILES string of the molecule is c1n[nH]c(-c2ccc3nnoc3c2)n1. The molecule has 6 nitrogen and oxygen atoms in total. The molecule has 0 fully saturated rings. The summed E-state index contributed by atoms with van der Waals surface area (Å²) >= 11 is 0. The van der Waals surface area contributed by atoms with Crippen LogP contribution < -0.4 is 0 Å². The molecule has 0 unspecified atom stereocenters. The molecule has 0 saturated carbocycles. The molecule has 68 valence electrons. The summed E-state index contributed by atoms with van der Waals surface area (Å²) < 4.78 is 4.93. The first-order chi connectivity index (χ1) is 6.93. The maximum absolute atomic E-state index is 4.93. The Morgan fingerprint density at radius 3 is 3.14 bits per heavy atom. The second kappa shape index (κ2) is 2.63. The minimum atomic E-state index is 0.638. The average Bonchev–Trinajstić information content (AvgIpc) is 2.88. The maximum Gasteiger partial charge on any atom is 0.188 e. The quantitative estimate of drug-likeness (QED) is 0.614. The van der Waals surface area contributed by atoms with Gasteiger partial charge in [0.1, 0.15) is 11.8 Å². The minimum Gasteiger partial charge on any atom is -0.337 e. The van der Waals surface area contributed by atoms with Gasteiger partial charge < -0.3 is 4.52 Å². The Kier molecular flexibility index (Phi) is 1.35. The van der Waals surface area contributed by atoms with Gasteiger partial charge in [0.15, 0.2) is 11.4 Å². The summed E-state index contributed by atoms with van der Waals surface area (Å²) in [5.41, 5.74) is 2.26. The van der Waals surface area contributed by atoms with Gasteiger partial charge in [-0.1, -0.05) is 0 Å². The first-order valence-corrected chi connectivity index (χ1v) is 4.01. The topological polar surface area (TPSA) is 80.5 Å². The standard InChI is InChI=1S/C8H5N5O/c1-2-6-7(14-13-11-6)3-5(1)8-9-4-10-12-8/h1-4H,(H,9,10,12). The lowest BCUT2D eigenvalue weighted by Gasteiger charge is -1.92. The van der Waals surface area contributed by atoms with E-state index in [4.69, 9.17) is 4.52 Å². The second-order valence-electron chi connectivity index (χ2n) is 2.79. The second-order valence-corrected chi connectivity index (χ2v) is 2.79. The number of rotatable bonds is 1. The van der Waals surface area contributed by atoms with Gasteiger partial charge in [0.25, 0.3) is 0 Å². The number of hydrogen-bond donors (Lipinski definition) is 1. The lowest BCUT2D eigenvalue weighted by atomic mass is 10.2. The molecule has 0 aliphatic rings. The Morgan fingerprint density at radius 1 is 1.29 bits per heavy atom. The number of nitrogens with one attached hydrogen (secondary N) is 1. The predicted molar refractivity (Wildman–Crippen MR) is 47.2 cm³/mol. The molecule has 0 spiro atoms. The first kappa shape index (κ1) is 7.19. The molecule has 0 aliphatic heterocycles. The molecule has 1 aromatic carbocycles. The van der Waals surface area contributed by atoms with E-state index >= 15 is 0 Å². The van der Waals surface area contributed by atoms with E-state index in [2.05, 4.69) is 25.6 Å². The zero-order chi connectivity index (χ0) is 9.38. The van der Waals surface area contributed by atoms with E-state index in [9.17, 15) is 0 Å². The molecule has 0 saturated heterocycles. The van der Waals surface area contributed by atoms with Crippen LogP contribution in [-0.2, 0) is 0 Å². The molecule has 2 aromatic heterocycles. The molecule has 6 heteroatoms. The summed E-state index contributed by atoms with van der Waals surface area (Å²) in [6, 6.07) is 5.52. The monoisotopic (exact) mass is 187 g/mol. The molecule has 14 heavy (non-hydrogen) atoms. The van der Waals surface area contributed by atoms with E-state index in [1.54, 1.807) is 0 Å². The molecule has 0 atom stereocenters. The van der Waals surface area contributed by atoms with Gasteiger partial charge in [0, 0.05) is 10.8 Å². The van der Waals surface area contributed by atoms with Crippen molar-refractivity contribution < 1.29 is 4.52 Å². The van der Waals surface area contributed by atoms with Gasteiger partial charge in [-0.2, -0.15) is 5.10 Å². The summed E-state index contributed by atoms with van der Waals surface area (Å²) in [6.45, 7) is 0. The minimum absolute atomic E-state index is 0.638. The Morgan fingerprint density at radius 2 is 2.29 bits per heavy atom. The van der Waals surface area contributed by atoms with Crippen molar-refractivity contribution in [1.29, 1.82) is 0 Å². The fraction of sp³-hybridized carbons (Fsp3) is 0. The summed E-state index contributed by atoms with van der Waals surface area (Å²) in [5, 5.41) is 13.8. The van der Waals surface area contributed by atoms with E-state index in [0.717, 1.165) is 11.1 Å². The highest BCUT2D eigenvalue weighted by atomic mass is 16.5. The van der Waals surface area contributed by atoms with Gasteiger partial charge in [-0.05, 0) is 18.2 Å². The van der Waals surface area contributed by atoms with Gasteiger partial charge in [-0.25, -0.2) is 4.98 Å². The molecule has 3 aromatic rings. The number of nitrogens with zero attached hydrogens (tertiary/aromatic N) is 4. The number of aromatic nitrogens is 5. The molecular formula is C8H5N5O. The van der Waals surface area contributed by atoms with Crippen molar-refractivity contribution in [3.05, 3.63) is 24.5 Å². The van der Waals surface area contributed by atoms with Crippen LogP contribution in [0.4, 0.5) is 0 Å². The van der Waals surface area contributed by atoms with Crippen LogP contribution in [0.25, 0.3) is 22.5 Å². The summed E-state index contributed by atoms with van der Waals surface area (Å²) in [5.74, 6) is 0.698. The smallest absolute Gasteiger partial charge is 0.188 e. The van der Waals surface area contributed by atoms with Crippen molar-refractivity contribution in [3.63, 3.8) is 0 Å². The van der Waals surface area contributed by atoms with E-state index < -0.39 is 0 Å². The number of H-pyrrole nitrogens is 1. The van der Waals surface area contributed by atoms with Crippen molar-refractivity contribution >= 4 is 11.1 Å². The van der Waals surface area contributed by atoms with Gasteiger partial charge in [-0.3, -0.25) is 5.10 Å². The Balaban J connectivity index is 2.23. The van der Waals surface area contributed by atoms with Crippen molar-refractivity contribution in [3.8, 4) is 11.4 Å². The lowest BCUT2D eigenvalue weighted by molar-refractivity contribution is 0.424. The Labute approximate surface area is 77.9 Å². The van der Waals surface area contributed by atoms with Crippen molar-refractivity contribution in [1.82, 2.24) is 25.6 Å². The van der Waals surface area contributed by atoms with Crippen molar-refractivity contribution in [2.24, 2.45) is 0 Å². The van der Waals surface area contributed by atoms with Crippen LogP contribution in [0, 0.1) is 0 Å². The van der Waals surface area contributed by atoms with Crippen molar-refractivity contribution in [2.45, 2.75) is 0 Å². The fourth-order valence-corrected chi connectivity index (χ4v) is 1.27. The molecule has 0 aliphatic carbocycles. The summed E-state index contributed by atoms with van der Waals surface area (Å²) in [4.78, 5) is 4.03. The number of aromatic amines is 1. The molecule has 0 amide bonds. The third-order valence-corrected chi connectivity index (χ3v) is 1.94. The molecule has 0 bridgehead atoms. The number of benzene rings is 1. The number of fused-ring (bicyclic) bond motifs is 1. The Hall–Kier alpha value is -2.24. The summed E-state index contributed by atoms with van der Waals surface area (Å²) in [7, 11) is 0. The zero-order valence-corrected chi connectivity index (χ0v) is 7.01. The normalized spacial score (nSPS) is 10.9. The van der Waals surface area contributed by atoms with Gasteiger partial charge in [-0.15, -0.1) is 5.10 Å². The van der Waals surface area contributed by atoms with Crippen LogP contribution in [0.3, 0.4) is 0 Å². The van der Waals surface area contributed by atoms with Crippen LogP contribution in [0.1, 0.15) is 0 Å². The lowest BCUT2D eigenvalue weighted by Crippen LogP contribution is -1.80. The molecule has 1 N–H and O–H groups in total. The molecule has 0 radical (unpaired) electrons. The van der Waals surface area contributed by atoms with E-state index in [0.29, 0.717) is 11.4 Å². The third kappa shape index (κ3) is 0.972. The highest BCUT2D eigenvalue weighted by Gasteiger charge is 2.04. The van der Waals surface area contributed by atoms with E-state index in [-0.39, 0.29) is 0 Å². The number of hydrogen-bond acceptors (Lipinski definition) is 5.